The van der Waals surface area contributed by atoms with Crippen LogP contribution in [-0.2, 0) is 14.2 Å². The zero-order valence-corrected chi connectivity index (χ0v) is 8.79. The van der Waals surface area contributed by atoms with Gasteiger partial charge < -0.3 is 14.2 Å². The molecule has 2 fully saturated rings. The Balaban J connectivity index is 2.06. The molecule has 2 heterocycles. The monoisotopic (exact) mass is 186 g/mol. The number of fused-ring (bicyclic) bond motifs is 1. The maximum Gasteiger partial charge on any atom is 0.163 e. The first-order valence-corrected chi connectivity index (χ1v) is 4.88. The molecule has 2 atom stereocenters. The minimum Gasteiger partial charge on any atom is -0.373 e. The van der Waals surface area contributed by atoms with Crippen LogP contribution < -0.4 is 0 Å². The molecule has 2 aliphatic rings. The minimum atomic E-state index is -0.431. The molecule has 2 saturated heterocycles. The summed E-state index contributed by atoms with van der Waals surface area (Å²) in [7, 11) is 0. The summed E-state index contributed by atoms with van der Waals surface area (Å²) in [4.78, 5) is 0. The summed E-state index contributed by atoms with van der Waals surface area (Å²) >= 11 is 0. The Labute approximate surface area is 79.4 Å². The van der Waals surface area contributed by atoms with E-state index in [9.17, 15) is 0 Å². The van der Waals surface area contributed by atoms with Crippen molar-refractivity contribution in [1.82, 2.24) is 0 Å². The molecule has 2 unspecified atom stereocenters. The fourth-order valence-corrected chi connectivity index (χ4v) is 2.07. The Morgan fingerprint density at radius 1 is 1.00 bits per heavy atom. The summed E-state index contributed by atoms with van der Waals surface area (Å²) in [5.41, 5.74) is -0.0645. The second-order valence-corrected chi connectivity index (χ2v) is 4.99. The van der Waals surface area contributed by atoms with Crippen LogP contribution in [-0.4, -0.2) is 30.2 Å². The van der Waals surface area contributed by atoms with Crippen LogP contribution in [0.2, 0.25) is 0 Å². The van der Waals surface area contributed by atoms with Gasteiger partial charge in [-0.25, -0.2) is 0 Å². The Hall–Kier alpha value is -0.120. The lowest BCUT2D eigenvalue weighted by atomic mass is 9.94. The average molecular weight is 186 g/mol. The fraction of sp³-hybridized carbons (Fsp3) is 1.00. The molecule has 0 aliphatic carbocycles. The van der Waals surface area contributed by atoms with Gasteiger partial charge in [0, 0.05) is 6.42 Å². The van der Waals surface area contributed by atoms with Gasteiger partial charge in [0.25, 0.3) is 0 Å². The van der Waals surface area contributed by atoms with E-state index in [0.29, 0.717) is 6.61 Å². The van der Waals surface area contributed by atoms with Crippen LogP contribution >= 0.6 is 0 Å². The molecule has 0 aromatic rings. The standard InChI is InChI=1S/C10H18O3/c1-9(2)5-7-8(6-11-9)13-10(3,4)12-7/h7-8H,5-6H2,1-4H3. The summed E-state index contributed by atoms with van der Waals surface area (Å²) in [6, 6.07) is 0. The van der Waals surface area contributed by atoms with Gasteiger partial charge in [-0.15, -0.1) is 0 Å². The molecule has 0 aromatic carbocycles. The van der Waals surface area contributed by atoms with Gasteiger partial charge in [-0.3, -0.25) is 0 Å². The number of hydrogen-bond donors (Lipinski definition) is 0. The molecule has 0 radical (unpaired) electrons. The van der Waals surface area contributed by atoms with E-state index < -0.39 is 5.79 Å². The highest BCUT2D eigenvalue weighted by molar-refractivity contribution is 4.90. The smallest absolute Gasteiger partial charge is 0.163 e. The average Bonchev–Trinajstić information content (AvgIpc) is 2.20. The molecular weight excluding hydrogens is 168 g/mol. The lowest BCUT2D eigenvalue weighted by Gasteiger charge is -2.35. The molecule has 0 bridgehead atoms. The Morgan fingerprint density at radius 2 is 1.62 bits per heavy atom. The van der Waals surface area contributed by atoms with E-state index in [-0.39, 0.29) is 17.8 Å². The van der Waals surface area contributed by atoms with Gasteiger partial charge >= 0.3 is 0 Å². The molecule has 0 saturated carbocycles. The van der Waals surface area contributed by atoms with Gasteiger partial charge in [0.2, 0.25) is 0 Å². The van der Waals surface area contributed by atoms with Crippen molar-refractivity contribution in [1.29, 1.82) is 0 Å². The highest BCUT2D eigenvalue weighted by atomic mass is 16.8. The van der Waals surface area contributed by atoms with E-state index in [1.54, 1.807) is 0 Å². The first-order chi connectivity index (χ1) is 5.88. The van der Waals surface area contributed by atoms with Crippen LogP contribution in [0.3, 0.4) is 0 Å². The number of hydrogen-bond acceptors (Lipinski definition) is 3. The van der Waals surface area contributed by atoms with Gasteiger partial charge in [0.15, 0.2) is 5.79 Å². The highest BCUT2D eigenvalue weighted by Gasteiger charge is 2.47. The summed E-state index contributed by atoms with van der Waals surface area (Å²) in [5, 5.41) is 0. The van der Waals surface area contributed by atoms with Crippen molar-refractivity contribution in [2.24, 2.45) is 0 Å². The minimum absolute atomic E-state index is 0.0645. The van der Waals surface area contributed by atoms with Gasteiger partial charge in [0.05, 0.1) is 18.3 Å². The molecular formula is C10H18O3. The molecule has 2 aliphatic heterocycles. The predicted octanol–water partition coefficient (Wildman–Crippen LogP) is 1.71. The van der Waals surface area contributed by atoms with Crippen LogP contribution in [0.5, 0.6) is 0 Å². The van der Waals surface area contributed by atoms with Crippen molar-refractivity contribution in [3.8, 4) is 0 Å². The first-order valence-electron chi connectivity index (χ1n) is 4.88. The molecule has 0 spiro atoms. The summed E-state index contributed by atoms with van der Waals surface area (Å²) in [5.74, 6) is -0.431. The Kier molecular flexibility index (Phi) is 1.95. The van der Waals surface area contributed by atoms with E-state index >= 15 is 0 Å². The van der Waals surface area contributed by atoms with Crippen molar-refractivity contribution < 1.29 is 14.2 Å². The van der Waals surface area contributed by atoms with E-state index in [4.69, 9.17) is 14.2 Å². The molecule has 0 N–H and O–H groups in total. The zero-order valence-electron chi connectivity index (χ0n) is 8.79. The summed E-state index contributed by atoms with van der Waals surface area (Å²) in [6.45, 7) is 8.76. The van der Waals surface area contributed by atoms with Gasteiger partial charge in [-0.2, -0.15) is 0 Å². The second-order valence-electron chi connectivity index (χ2n) is 4.99. The third kappa shape index (κ3) is 1.87. The van der Waals surface area contributed by atoms with Crippen molar-refractivity contribution in [3.63, 3.8) is 0 Å². The molecule has 13 heavy (non-hydrogen) atoms. The van der Waals surface area contributed by atoms with Crippen LogP contribution in [0, 0.1) is 0 Å². The normalized spacial score (nSPS) is 41.5. The third-order valence-electron chi connectivity index (χ3n) is 2.62. The van der Waals surface area contributed by atoms with Crippen molar-refractivity contribution in [2.75, 3.05) is 6.61 Å². The van der Waals surface area contributed by atoms with Crippen LogP contribution in [0.4, 0.5) is 0 Å². The van der Waals surface area contributed by atoms with E-state index in [1.807, 2.05) is 13.8 Å². The SMILES string of the molecule is CC1(C)CC2OC(C)(C)OC2CO1. The Bertz CT molecular complexity index is 208. The van der Waals surface area contributed by atoms with E-state index in [1.165, 1.54) is 0 Å². The lowest BCUT2D eigenvalue weighted by molar-refractivity contribution is -0.147. The topological polar surface area (TPSA) is 27.7 Å². The van der Waals surface area contributed by atoms with Crippen molar-refractivity contribution in [3.05, 3.63) is 0 Å². The number of ether oxygens (including phenoxy) is 3. The second kappa shape index (κ2) is 2.69. The molecule has 0 aromatic heterocycles. The first kappa shape index (κ1) is 9.44. The van der Waals surface area contributed by atoms with Gasteiger partial charge in [-0.05, 0) is 27.7 Å². The van der Waals surface area contributed by atoms with Crippen molar-refractivity contribution in [2.45, 2.75) is 57.7 Å². The van der Waals surface area contributed by atoms with Crippen LogP contribution in [0.15, 0.2) is 0 Å². The summed E-state index contributed by atoms with van der Waals surface area (Å²) < 4.78 is 17.2. The largest absolute Gasteiger partial charge is 0.373 e. The third-order valence-corrected chi connectivity index (χ3v) is 2.62. The Morgan fingerprint density at radius 3 is 2.31 bits per heavy atom. The van der Waals surface area contributed by atoms with Crippen LogP contribution in [0.1, 0.15) is 34.1 Å². The van der Waals surface area contributed by atoms with Crippen LogP contribution in [0.25, 0.3) is 0 Å². The summed E-state index contributed by atoms with van der Waals surface area (Å²) in [6.07, 6.45) is 1.25. The molecule has 3 heteroatoms. The molecule has 0 amide bonds. The van der Waals surface area contributed by atoms with Gasteiger partial charge in [0.1, 0.15) is 6.10 Å². The van der Waals surface area contributed by atoms with E-state index in [0.717, 1.165) is 6.42 Å². The zero-order chi connectivity index (χ0) is 9.69. The predicted molar refractivity (Wildman–Crippen MR) is 48.5 cm³/mol. The maximum absolute atomic E-state index is 5.79. The molecule has 3 nitrogen and oxygen atoms in total. The fourth-order valence-electron chi connectivity index (χ4n) is 2.07. The molecule has 76 valence electrons. The number of rotatable bonds is 0. The van der Waals surface area contributed by atoms with E-state index in [2.05, 4.69) is 13.8 Å². The quantitative estimate of drug-likeness (QED) is 0.576. The van der Waals surface area contributed by atoms with Gasteiger partial charge in [-0.1, -0.05) is 0 Å². The van der Waals surface area contributed by atoms with Crippen molar-refractivity contribution >= 4 is 0 Å². The lowest BCUT2D eigenvalue weighted by Crippen LogP contribution is -2.44. The molecule has 2 rings (SSSR count). The maximum atomic E-state index is 5.79. The highest BCUT2D eigenvalue weighted by Crippen LogP contribution is 2.37.